The van der Waals surface area contributed by atoms with Crippen molar-refractivity contribution in [3.63, 3.8) is 0 Å². The normalized spacial score (nSPS) is 11.4. The van der Waals surface area contributed by atoms with Crippen molar-refractivity contribution in [2.24, 2.45) is 0 Å². The summed E-state index contributed by atoms with van der Waals surface area (Å²) in [5, 5.41) is 5.52. The number of aryl methyl sites for hydroxylation is 1. The highest BCUT2D eigenvalue weighted by Gasteiger charge is 2.15. The van der Waals surface area contributed by atoms with E-state index in [9.17, 15) is 9.59 Å². The second kappa shape index (κ2) is 7.54. The monoisotopic (exact) mass is 391 g/mol. The lowest BCUT2D eigenvalue weighted by molar-refractivity contribution is -0.144. The SMILES string of the molecule is Cc1cc2oc(=O)cc(COC(=O)Cc3noc4ccccc34)c2cc1C(C)C. The summed E-state index contributed by atoms with van der Waals surface area (Å²) in [5.74, 6) is -0.121. The van der Waals surface area contributed by atoms with Crippen LogP contribution in [-0.4, -0.2) is 11.1 Å². The van der Waals surface area contributed by atoms with Crippen LogP contribution in [0.3, 0.4) is 0 Å². The van der Waals surface area contributed by atoms with E-state index in [1.807, 2.05) is 37.3 Å². The van der Waals surface area contributed by atoms with Crippen LogP contribution in [0.25, 0.3) is 21.9 Å². The number of aromatic nitrogens is 1. The molecule has 2 heterocycles. The molecule has 6 nitrogen and oxygen atoms in total. The molecule has 0 aliphatic heterocycles. The molecule has 0 bridgehead atoms. The number of para-hydroxylation sites is 1. The summed E-state index contributed by atoms with van der Waals surface area (Å²) < 4.78 is 16.0. The van der Waals surface area contributed by atoms with E-state index in [4.69, 9.17) is 13.7 Å². The first-order valence-corrected chi connectivity index (χ1v) is 9.48. The zero-order valence-corrected chi connectivity index (χ0v) is 16.5. The highest BCUT2D eigenvalue weighted by molar-refractivity contribution is 5.85. The van der Waals surface area contributed by atoms with Gasteiger partial charge < -0.3 is 13.7 Å². The lowest BCUT2D eigenvalue weighted by Gasteiger charge is -2.13. The Morgan fingerprint density at radius 3 is 2.69 bits per heavy atom. The molecule has 0 amide bonds. The number of benzene rings is 2. The number of nitrogens with zero attached hydrogens (tertiary/aromatic N) is 1. The Hall–Kier alpha value is -3.41. The van der Waals surface area contributed by atoms with Gasteiger partial charge in [0.2, 0.25) is 0 Å². The Balaban J connectivity index is 1.58. The molecule has 0 N–H and O–H groups in total. The summed E-state index contributed by atoms with van der Waals surface area (Å²) in [6, 6.07) is 12.6. The molecule has 4 aromatic rings. The Bertz CT molecular complexity index is 1270. The first-order chi connectivity index (χ1) is 13.9. The second-order valence-corrected chi connectivity index (χ2v) is 7.41. The molecule has 0 fully saturated rings. The van der Waals surface area contributed by atoms with Crippen molar-refractivity contribution in [3.8, 4) is 0 Å². The maximum absolute atomic E-state index is 12.4. The molecule has 0 aliphatic carbocycles. The smallest absolute Gasteiger partial charge is 0.336 e. The third-order valence-corrected chi connectivity index (χ3v) is 4.99. The average molecular weight is 391 g/mol. The quantitative estimate of drug-likeness (QED) is 0.364. The van der Waals surface area contributed by atoms with Crippen molar-refractivity contribution in [2.75, 3.05) is 0 Å². The Morgan fingerprint density at radius 2 is 1.90 bits per heavy atom. The first-order valence-electron chi connectivity index (χ1n) is 9.48. The molecule has 148 valence electrons. The van der Waals surface area contributed by atoms with Gasteiger partial charge in [-0.15, -0.1) is 0 Å². The van der Waals surface area contributed by atoms with E-state index in [1.54, 1.807) is 6.07 Å². The molecule has 0 saturated carbocycles. The van der Waals surface area contributed by atoms with Gasteiger partial charge in [-0.2, -0.15) is 0 Å². The van der Waals surface area contributed by atoms with E-state index in [2.05, 4.69) is 19.0 Å². The summed E-state index contributed by atoms with van der Waals surface area (Å²) in [7, 11) is 0. The van der Waals surface area contributed by atoms with Crippen molar-refractivity contribution in [3.05, 3.63) is 75.3 Å². The minimum absolute atomic E-state index is 0.00720. The molecular weight excluding hydrogens is 370 g/mol. The van der Waals surface area contributed by atoms with Crippen LogP contribution in [0.2, 0.25) is 0 Å². The van der Waals surface area contributed by atoms with Gasteiger partial charge in [0, 0.05) is 22.4 Å². The molecule has 29 heavy (non-hydrogen) atoms. The van der Waals surface area contributed by atoms with Crippen molar-refractivity contribution >= 4 is 27.9 Å². The number of ether oxygens (including phenoxy) is 1. The van der Waals surface area contributed by atoms with Gasteiger partial charge in [-0.3, -0.25) is 4.79 Å². The lowest BCUT2D eigenvalue weighted by Crippen LogP contribution is -2.10. The van der Waals surface area contributed by atoms with Gasteiger partial charge in [-0.05, 0) is 48.2 Å². The van der Waals surface area contributed by atoms with E-state index >= 15 is 0 Å². The summed E-state index contributed by atoms with van der Waals surface area (Å²) in [6.07, 6.45) is -0.00720. The van der Waals surface area contributed by atoms with Crippen LogP contribution >= 0.6 is 0 Å². The summed E-state index contributed by atoms with van der Waals surface area (Å²) in [4.78, 5) is 24.3. The predicted octanol–water partition coefficient (Wildman–Crippen LogP) is 4.65. The molecule has 2 aromatic heterocycles. The zero-order valence-electron chi connectivity index (χ0n) is 16.5. The number of carbonyl (C=O) groups is 1. The van der Waals surface area contributed by atoms with Crippen molar-refractivity contribution in [1.29, 1.82) is 0 Å². The number of rotatable bonds is 5. The number of hydrogen-bond acceptors (Lipinski definition) is 6. The van der Waals surface area contributed by atoms with Gasteiger partial charge in [0.05, 0.1) is 6.42 Å². The molecule has 0 spiro atoms. The largest absolute Gasteiger partial charge is 0.460 e. The molecule has 6 heteroatoms. The molecule has 0 saturated heterocycles. The molecule has 0 unspecified atom stereocenters. The van der Waals surface area contributed by atoms with Gasteiger partial charge >= 0.3 is 11.6 Å². The number of fused-ring (bicyclic) bond motifs is 2. The minimum atomic E-state index is -0.470. The average Bonchev–Trinajstić information content (AvgIpc) is 3.08. The minimum Gasteiger partial charge on any atom is -0.460 e. The Morgan fingerprint density at radius 1 is 1.10 bits per heavy atom. The van der Waals surface area contributed by atoms with Crippen LogP contribution in [0.1, 0.15) is 42.1 Å². The fourth-order valence-corrected chi connectivity index (χ4v) is 3.54. The second-order valence-electron chi connectivity index (χ2n) is 7.41. The van der Waals surface area contributed by atoms with Gasteiger partial charge in [0.15, 0.2) is 5.58 Å². The van der Waals surface area contributed by atoms with Gasteiger partial charge in [-0.25, -0.2) is 4.79 Å². The van der Waals surface area contributed by atoms with Crippen molar-refractivity contribution < 1.29 is 18.5 Å². The standard InChI is InChI=1S/C23H21NO5/c1-13(2)17-10-18-15(9-23(26)28-21(18)8-14(17)3)12-27-22(25)11-19-16-6-4-5-7-20(16)29-24-19/h4-10,13H,11-12H2,1-3H3. The molecular formula is C23H21NO5. The Labute approximate surface area is 167 Å². The highest BCUT2D eigenvalue weighted by Crippen LogP contribution is 2.27. The molecule has 0 aliphatic rings. The number of hydrogen-bond donors (Lipinski definition) is 0. The molecule has 2 aromatic carbocycles. The van der Waals surface area contributed by atoms with Crippen LogP contribution in [0, 0.1) is 6.92 Å². The van der Waals surface area contributed by atoms with E-state index in [-0.39, 0.29) is 13.0 Å². The van der Waals surface area contributed by atoms with E-state index in [1.165, 1.54) is 6.07 Å². The maximum atomic E-state index is 12.4. The zero-order chi connectivity index (χ0) is 20.5. The third kappa shape index (κ3) is 3.78. The van der Waals surface area contributed by atoms with Crippen LogP contribution in [0.4, 0.5) is 0 Å². The Kier molecular flexibility index (Phi) is 4.92. The van der Waals surface area contributed by atoms with E-state index < -0.39 is 11.6 Å². The summed E-state index contributed by atoms with van der Waals surface area (Å²) in [6.45, 7) is 6.19. The van der Waals surface area contributed by atoms with Crippen molar-refractivity contribution in [2.45, 2.75) is 39.7 Å². The first kappa shape index (κ1) is 18.9. The molecule has 0 atom stereocenters. The van der Waals surface area contributed by atoms with E-state index in [0.717, 1.165) is 21.9 Å². The molecule has 4 rings (SSSR count). The number of carbonyl (C=O) groups excluding carboxylic acids is 1. The summed E-state index contributed by atoms with van der Waals surface area (Å²) >= 11 is 0. The third-order valence-electron chi connectivity index (χ3n) is 4.99. The van der Waals surface area contributed by atoms with Crippen LogP contribution in [0.15, 0.2) is 56.2 Å². The van der Waals surface area contributed by atoms with Gasteiger partial charge in [0.1, 0.15) is 17.9 Å². The summed E-state index contributed by atoms with van der Waals surface area (Å²) in [5.41, 5.74) is 4.02. The van der Waals surface area contributed by atoms with Crippen molar-refractivity contribution in [1.82, 2.24) is 5.16 Å². The maximum Gasteiger partial charge on any atom is 0.336 e. The fourth-order valence-electron chi connectivity index (χ4n) is 3.54. The fraction of sp³-hybridized carbons (Fsp3) is 0.261. The lowest BCUT2D eigenvalue weighted by atomic mass is 9.95. The van der Waals surface area contributed by atoms with Crippen LogP contribution in [0.5, 0.6) is 0 Å². The van der Waals surface area contributed by atoms with Gasteiger partial charge in [0.25, 0.3) is 0 Å². The van der Waals surface area contributed by atoms with E-state index in [0.29, 0.717) is 28.3 Å². The van der Waals surface area contributed by atoms with Crippen LogP contribution < -0.4 is 5.63 Å². The highest BCUT2D eigenvalue weighted by atomic mass is 16.5. The van der Waals surface area contributed by atoms with Gasteiger partial charge in [-0.1, -0.05) is 31.1 Å². The predicted molar refractivity (Wildman–Crippen MR) is 109 cm³/mol. The van der Waals surface area contributed by atoms with Crippen LogP contribution in [-0.2, 0) is 22.6 Å². The topological polar surface area (TPSA) is 82.5 Å². The molecule has 0 radical (unpaired) electrons. The number of esters is 1.